The monoisotopic (exact) mass is 456 g/mol. The summed E-state index contributed by atoms with van der Waals surface area (Å²) in [6, 6.07) is 4.61. The molecule has 0 atom stereocenters. The van der Waals surface area contributed by atoms with Crippen LogP contribution < -0.4 is 10.6 Å². The predicted molar refractivity (Wildman–Crippen MR) is 105 cm³/mol. The Balaban J connectivity index is 1.38. The highest BCUT2D eigenvalue weighted by Crippen LogP contribution is 2.30. The largest absolute Gasteiger partial charge is 0.434 e. The van der Waals surface area contributed by atoms with E-state index in [1.165, 1.54) is 17.5 Å². The number of nitrogens with one attached hydrogen (secondary N) is 2. The number of fused-ring (bicyclic) bond motifs is 1. The van der Waals surface area contributed by atoms with Crippen molar-refractivity contribution in [3.8, 4) is 0 Å². The van der Waals surface area contributed by atoms with Gasteiger partial charge in [-0.15, -0.1) is 0 Å². The molecule has 0 bridgehead atoms. The van der Waals surface area contributed by atoms with Crippen LogP contribution in [0.4, 0.5) is 27.8 Å². The Morgan fingerprint density at radius 1 is 1.16 bits per heavy atom. The van der Waals surface area contributed by atoms with Crippen LogP contribution in [0, 0.1) is 0 Å². The molecule has 0 spiro atoms. The van der Waals surface area contributed by atoms with Gasteiger partial charge in [-0.1, -0.05) is 6.07 Å². The van der Waals surface area contributed by atoms with Gasteiger partial charge < -0.3 is 10.6 Å². The lowest BCUT2D eigenvalue weighted by atomic mass is 9.91. The molecule has 172 valence electrons. The molecule has 0 aliphatic heterocycles. The van der Waals surface area contributed by atoms with Crippen LogP contribution in [0.3, 0.4) is 0 Å². The first kappa shape index (κ1) is 22.0. The highest BCUT2D eigenvalue weighted by atomic mass is 19.4. The van der Waals surface area contributed by atoms with Gasteiger partial charge in [0.25, 0.3) is 12.3 Å². The van der Waals surface area contributed by atoms with Gasteiger partial charge in [-0.3, -0.25) is 13.9 Å². The van der Waals surface area contributed by atoms with Crippen molar-refractivity contribution in [1.29, 1.82) is 0 Å². The minimum absolute atomic E-state index is 0.0134. The Hall–Kier alpha value is -3.18. The van der Waals surface area contributed by atoms with E-state index in [9.17, 15) is 26.7 Å². The third kappa shape index (κ3) is 4.39. The molecule has 32 heavy (non-hydrogen) atoms. The fourth-order valence-corrected chi connectivity index (χ4v) is 4.00. The molecule has 1 saturated carbocycles. The number of aryl methyl sites for hydroxylation is 1. The van der Waals surface area contributed by atoms with Gasteiger partial charge in [0.1, 0.15) is 17.2 Å². The zero-order chi connectivity index (χ0) is 23.0. The van der Waals surface area contributed by atoms with E-state index >= 15 is 0 Å². The van der Waals surface area contributed by atoms with E-state index in [2.05, 4.69) is 20.7 Å². The van der Waals surface area contributed by atoms with Crippen LogP contribution in [0.5, 0.6) is 0 Å². The normalized spacial score (nSPS) is 19.5. The third-order valence-corrected chi connectivity index (χ3v) is 5.63. The molecule has 12 heteroatoms. The third-order valence-electron chi connectivity index (χ3n) is 5.63. The van der Waals surface area contributed by atoms with E-state index in [4.69, 9.17) is 0 Å². The second kappa shape index (κ2) is 8.40. The van der Waals surface area contributed by atoms with Crippen molar-refractivity contribution in [2.24, 2.45) is 7.05 Å². The quantitative estimate of drug-likeness (QED) is 0.565. The summed E-state index contributed by atoms with van der Waals surface area (Å²) in [7, 11) is 1.35. The number of amides is 1. The van der Waals surface area contributed by atoms with Gasteiger partial charge in [0.2, 0.25) is 0 Å². The standard InChI is InChI=1S/C20H21F5N6O/c1-30-17(18(21)22)13(9-26-30)19(32)28-12-7-5-11(6-8-12)27-15-3-2-4-16-29-14(10-31(15)16)20(23,24)25/h2-4,9-12,18,27H,5-8H2,1H3,(H,28,32)/t11-,12+. The summed E-state index contributed by atoms with van der Waals surface area (Å²) in [5, 5.41) is 9.78. The molecule has 0 saturated heterocycles. The molecule has 2 N–H and O–H groups in total. The summed E-state index contributed by atoms with van der Waals surface area (Å²) >= 11 is 0. The van der Waals surface area contributed by atoms with Gasteiger partial charge in [0.15, 0.2) is 5.69 Å². The fourth-order valence-electron chi connectivity index (χ4n) is 4.00. The molecule has 4 rings (SSSR count). The van der Waals surface area contributed by atoms with Gasteiger partial charge >= 0.3 is 6.18 Å². The first-order valence-corrected chi connectivity index (χ1v) is 10.1. The Morgan fingerprint density at radius 3 is 2.50 bits per heavy atom. The van der Waals surface area contributed by atoms with Crippen molar-refractivity contribution in [3.63, 3.8) is 0 Å². The molecule has 1 aliphatic rings. The molecule has 1 amide bonds. The number of imidazole rings is 1. The Morgan fingerprint density at radius 2 is 1.84 bits per heavy atom. The Bertz CT molecular complexity index is 1110. The number of halogens is 5. The van der Waals surface area contributed by atoms with Crippen LogP contribution in [-0.4, -0.2) is 37.2 Å². The molecular weight excluding hydrogens is 435 g/mol. The SMILES string of the molecule is Cn1ncc(C(=O)N[C@H]2CC[C@@H](Nc3cccc4nc(C(F)(F)F)cn34)CC2)c1C(F)F. The number of aromatic nitrogens is 4. The average molecular weight is 456 g/mol. The van der Waals surface area contributed by atoms with E-state index < -0.39 is 29.9 Å². The van der Waals surface area contributed by atoms with Crippen LogP contribution in [-0.2, 0) is 13.2 Å². The number of anilines is 1. The van der Waals surface area contributed by atoms with Crippen LogP contribution >= 0.6 is 0 Å². The van der Waals surface area contributed by atoms with Gasteiger partial charge in [0.05, 0.1) is 11.8 Å². The zero-order valence-electron chi connectivity index (χ0n) is 17.0. The Kier molecular flexibility index (Phi) is 5.78. The minimum atomic E-state index is -4.53. The first-order valence-electron chi connectivity index (χ1n) is 10.1. The first-order chi connectivity index (χ1) is 15.1. The minimum Gasteiger partial charge on any atom is -0.368 e. The maximum absolute atomic E-state index is 13.2. The van der Waals surface area contributed by atoms with E-state index in [1.54, 1.807) is 12.1 Å². The van der Waals surface area contributed by atoms with Crippen LogP contribution in [0.15, 0.2) is 30.6 Å². The molecule has 1 aliphatic carbocycles. The van der Waals surface area contributed by atoms with E-state index in [-0.39, 0.29) is 23.3 Å². The lowest BCUT2D eigenvalue weighted by Crippen LogP contribution is -2.40. The fraction of sp³-hybridized carbons (Fsp3) is 0.450. The number of nitrogens with zero attached hydrogens (tertiary/aromatic N) is 4. The maximum atomic E-state index is 13.2. The molecule has 0 unspecified atom stereocenters. The predicted octanol–water partition coefficient (Wildman–Crippen LogP) is 4.18. The number of rotatable bonds is 5. The van der Waals surface area contributed by atoms with Gasteiger partial charge in [-0.05, 0) is 37.8 Å². The molecule has 3 heterocycles. The molecule has 1 fully saturated rings. The van der Waals surface area contributed by atoms with Gasteiger partial charge in [-0.2, -0.15) is 18.3 Å². The van der Waals surface area contributed by atoms with Crippen LogP contribution in [0.25, 0.3) is 5.65 Å². The number of carbonyl (C=O) groups is 1. The molecule has 3 aromatic heterocycles. The summed E-state index contributed by atoms with van der Waals surface area (Å²) in [6.45, 7) is 0. The topological polar surface area (TPSA) is 76.2 Å². The van der Waals surface area contributed by atoms with Crippen LogP contribution in [0.2, 0.25) is 0 Å². The van der Waals surface area contributed by atoms with Crippen molar-refractivity contribution in [2.75, 3.05) is 5.32 Å². The van der Waals surface area contributed by atoms with E-state index in [0.29, 0.717) is 31.5 Å². The average Bonchev–Trinajstić information content (AvgIpc) is 3.34. The summed E-state index contributed by atoms with van der Waals surface area (Å²) < 4.78 is 67.6. The number of alkyl halides is 5. The molecule has 3 aromatic rings. The van der Waals surface area contributed by atoms with Crippen LogP contribution in [0.1, 0.15) is 53.9 Å². The highest BCUT2D eigenvalue weighted by Gasteiger charge is 2.34. The van der Waals surface area contributed by atoms with Crippen molar-refractivity contribution in [1.82, 2.24) is 24.5 Å². The lowest BCUT2D eigenvalue weighted by molar-refractivity contribution is -0.140. The van der Waals surface area contributed by atoms with E-state index in [0.717, 1.165) is 17.1 Å². The summed E-state index contributed by atoms with van der Waals surface area (Å²) in [5.74, 6) is -0.0948. The lowest BCUT2D eigenvalue weighted by Gasteiger charge is -2.30. The number of hydrogen-bond acceptors (Lipinski definition) is 4. The zero-order valence-corrected chi connectivity index (χ0v) is 17.0. The van der Waals surface area contributed by atoms with Gasteiger partial charge in [-0.25, -0.2) is 13.8 Å². The number of carbonyl (C=O) groups excluding carboxylic acids is 1. The molecule has 7 nitrogen and oxygen atoms in total. The summed E-state index contributed by atoms with van der Waals surface area (Å²) in [6.07, 6.45) is -2.76. The molecule has 0 aromatic carbocycles. The summed E-state index contributed by atoms with van der Waals surface area (Å²) in [4.78, 5) is 16.1. The highest BCUT2D eigenvalue weighted by molar-refractivity contribution is 5.95. The van der Waals surface area contributed by atoms with Crippen molar-refractivity contribution >= 4 is 17.4 Å². The number of pyridine rings is 1. The number of hydrogen-bond donors (Lipinski definition) is 2. The summed E-state index contributed by atoms with van der Waals surface area (Å²) in [5.41, 5.74) is -1.34. The van der Waals surface area contributed by atoms with Gasteiger partial charge in [0, 0.05) is 25.3 Å². The van der Waals surface area contributed by atoms with Crippen molar-refractivity contribution in [2.45, 2.75) is 50.4 Å². The van der Waals surface area contributed by atoms with Crippen molar-refractivity contribution < 1.29 is 26.7 Å². The van der Waals surface area contributed by atoms with Crippen molar-refractivity contribution in [3.05, 3.63) is 47.5 Å². The second-order valence-corrected chi connectivity index (χ2v) is 7.80. The smallest absolute Gasteiger partial charge is 0.368 e. The maximum Gasteiger partial charge on any atom is 0.434 e. The Labute approximate surface area is 179 Å². The molecule has 0 radical (unpaired) electrons. The molecular formula is C20H21F5N6O. The van der Waals surface area contributed by atoms with E-state index in [1.807, 2.05) is 0 Å². The second-order valence-electron chi connectivity index (χ2n) is 7.80.